The van der Waals surface area contributed by atoms with E-state index in [-0.39, 0.29) is 17.2 Å². The lowest BCUT2D eigenvalue weighted by atomic mass is 9.97. The van der Waals surface area contributed by atoms with Crippen LogP contribution in [0.5, 0.6) is 0 Å². The van der Waals surface area contributed by atoms with E-state index in [2.05, 4.69) is 15.3 Å². The molecule has 0 unspecified atom stereocenters. The van der Waals surface area contributed by atoms with Crippen molar-refractivity contribution in [2.75, 3.05) is 5.32 Å². The third kappa shape index (κ3) is 5.31. The average molecular weight is 646 g/mol. The lowest BCUT2D eigenvalue weighted by Crippen LogP contribution is -2.12. The maximum absolute atomic E-state index is 13.0. The van der Waals surface area contributed by atoms with Gasteiger partial charge in [0.25, 0.3) is 17.2 Å². The van der Waals surface area contributed by atoms with Gasteiger partial charge >= 0.3 is 0 Å². The molecule has 43 heavy (non-hydrogen) atoms. The number of halogens is 1. The highest BCUT2D eigenvalue weighted by atomic mass is 35.5. The zero-order chi connectivity index (χ0) is 29.7. The molecule has 0 saturated heterocycles. The largest absolute Gasteiger partial charge is 0.322 e. The first kappa shape index (κ1) is 27.7. The molecule has 2 N–H and O–H groups in total. The predicted molar refractivity (Wildman–Crippen MR) is 172 cm³/mol. The molecule has 1 aliphatic carbocycles. The van der Waals surface area contributed by atoms with E-state index >= 15 is 0 Å². The predicted octanol–water partition coefficient (Wildman–Crippen LogP) is 8.11. The van der Waals surface area contributed by atoms with Crippen molar-refractivity contribution in [3.63, 3.8) is 0 Å². The monoisotopic (exact) mass is 645 g/mol. The van der Waals surface area contributed by atoms with Gasteiger partial charge in [0, 0.05) is 22.2 Å². The van der Waals surface area contributed by atoms with E-state index < -0.39 is 4.92 Å². The molecule has 6 aromatic rings. The summed E-state index contributed by atoms with van der Waals surface area (Å²) in [5, 5.41) is 16.0. The Hall–Kier alpha value is -4.10. The number of carbonyl (C=O) groups is 1. The van der Waals surface area contributed by atoms with Crippen molar-refractivity contribution in [2.45, 2.75) is 34.9 Å². The van der Waals surface area contributed by atoms with Crippen molar-refractivity contribution >= 4 is 83.8 Å². The minimum atomic E-state index is -0.442. The van der Waals surface area contributed by atoms with E-state index in [9.17, 15) is 19.7 Å². The fourth-order valence-corrected chi connectivity index (χ4v) is 8.79. The van der Waals surface area contributed by atoms with Crippen LogP contribution >= 0.6 is 46.0 Å². The fraction of sp³-hybridized carbons (Fsp3) is 0.133. The van der Waals surface area contributed by atoms with E-state index in [1.807, 2.05) is 6.07 Å². The number of anilines is 1. The molecule has 3 aromatic carbocycles. The summed E-state index contributed by atoms with van der Waals surface area (Å²) in [6.07, 6.45) is 3.99. The summed E-state index contributed by atoms with van der Waals surface area (Å²) in [5.41, 5.74) is 2.89. The number of nitro groups is 1. The van der Waals surface area contributed by atoms with Crippen molar-refractivity contribution < 1.29 is 9.72 Å². The van der Waals surface area contributed by atoms with E-state index in [0.29, 0.717) is 52.6 Å². The number of carbonyl (C=O) groups excluding carboxylic acids is 1. The molecule has 0 bridgehead atoms. The van der Waals surface area contributed by atoms with Gasteiger partial charge < -0.3 is 10.3 Å². The van der Waals surface area contributed by atoms with Gasteiger partial charge in [0.2, 0.25) is 0 Å². The number of thiazole rings is 1. The molecule has 0 saturated carbocycles. The molecule has 9 nitrogen and oxygen atoms in total. The van der Waals surface area contributed by atoms with Gasteiger partial charge in [0.1, 0.15) is 10.7 Å². The van der Waals surface area contributed by atoms with Crippen LogP contribution in [0.25, 0.3) is 31.8 Å². The van der Waals surface area contributed by atoms with Crippen molar-refractivity contribution in [2.24, 2.45) is 0 Å². The Morgan fingerprint density at radius 3 is 2.72 bits per heavy atom. The number of nitrogens with zero attached hydrogens (tertiary/aromatic N) is 3. The molecule has 0 spiro atoms. The van der Waals surface area contributed by atoms with Crippen LogP contribution in [0.4, 0.5) is 11.4 Å². The quantitative estimate of drug-likeness (QED) is 0.138. The number of aryl methyl sites for hydroxylation is 2. The average Bonchev–Trinajstić information content (AvgIpc) is 3.58. The summed E-state index contributed by atoms with van der Waals surface area (Å²) in [6, 6.07) is 17.0. The summed E-state index contributed by atoms with van der Waals surface area (Å²) < 4.78 is 1.42. The normalized spacial score (nSPS) is 12.9. The molecule has 13 heteroatoms. The van der Waals surface area contributed by atoms with Gasteiger partial charge in [-0.05, 0) is 73.7 Å². The Bertz CT molecular complexity index is 2160. The van der Waals surface area contributed by atoms with Gasteiger partial charge in [-0.25, -0.2) is 9.97 Å². The van der Waals surface area contributed by atoms with Crippen LogP contribution in [-0.4, -0.2) is 25.8 Å². The van der Waals surface area contributed by atoms with Crippen molar-refractivity contribution in [3.8, 4) is 11.4 Å². The van der Waals surface area contributed by atoms with Crippen molar-refractivity contribution in [1.82, 2.24) is 15.0 Å². The number of H-pyrrole nitrogens is 1. The summed E-state index contributed by atoms with van der Waals surface area (Å²) in [5.74, 6) is -0.0180. The van der Waals surface area contributed by atoms with E-state index in [0.717, 1.165) is 35.9 Å². The Labute approximate surface area is 261 Å². The van der Waals surface area contributed by atoms with Crippen LogP contribution in [0.15, 0.2) is 74.7 Å². The first-order valence-electron chi connectivity index (χ1n) is 13.3. The number of hydrogen-bond acceptors (Lipinski definition) is 9. The number of nitro benzene ring substituents is 1. The lowest BCUT2D eigenvalue weighted by molar-refractivity contribution is -0.387. The second kappa shape index (κ2) is 11.2. The number of rotatable bonds is 6. The smallest absolute Gasteiger partial charge is 0.284 e. The highest BCUT2D eigenvalue weighted by Gasteiger charge is 2.22. The van der Waals surface area contributed by atoms with Crippen LogP contribution in [0.3, 0.4) is 0 Å². The molecular formula is C30H20ClN5O4S3. The summed E-state index contributed by atoms with van der Waals surface area (Å²) in [6.45, 7) is 0. The van der Waals surface area contributed by atoms with Gasteiger partial charge in [-0.15, -0.1) is 22.7 Å². The summed E-state index contributed by atoms with van der Waals surface area (Å²) in [4.78, 5) is 51.8. The number of benzene rings is 3. The fourth-order valence-electron chi connectivity index (χ4n) is 5.16. The number of nitrogens with one attached hydrogen (secondary N) is 2. The summed E-state index contributed by atoms with van der Waals surface area (Å²) >= 11 is 10.2. The van der Waals surface area contributed by atoms with E-state index in [1.165, 1.54) is 45.4 Å². The number of fused-ring (bicyclic) bond motifs is 4. The summed E-state index contributed by atoms with van der Waals surface area (Å²) in [7, 11) is 0. The highest BCUT2D eigenvalue weighted by molar-refractivity contribution is 8.01. The number of aromatic amines is 1. The zero-order valence-corrected chi connectivity index (χ0v) is 25.4. The second-order valence-electron chi connectivity index (χ2n) is 9.94. The first-order valence-corrected chi connectivity index (χ1v) is 16.1. The van der Waals surface area contributed by atoms with Gasteiger partial charge in [-0.1, -0.05) is 35.5 Å². The van der Waals surface area contributed by atoms with Crippen LogP contribution in [0.1, 0.15) is 33.6 Å². The number of aromatic nitrogens is 3. The Morgan fingerprint density at radius 1 is 1.05 bits per heavy atom. The first-order chi connectivity index (χ1) is 20.8. The van der Waals surface area contributed by atoms with Crippen molar-refractivity contribution in [1.29, 1.82) is 0 Å². The Morgan fingerprint density at radius 2 is 1.88 bits per heavy atom. The second-order valence-corrected chi connectivity index (χ2v) is 13.8. The molecular weight excluding hydrogens is 626 g/mol. The van der Waals surface area contributed by atoms with Crippen LogP contribution < -0.4 is 10.9 Å². The molecule has 0 fully saturated rings. The van der Waals surface area contributed by atoms with Crippen LogP contribution in [0, 0.1) is 10.1 Å². The maximum atomic E-state index is 13.0. The van der Waals surface area contributed by atoms with Gasteiger partial charge in [0.05, 0.1) is 36.0 Å². The maximum Gasteiger partial charge on any atom is 0.284 e. The standard InChI is InChI=1S/C30H20ClN5O4S3/c31-19-7-3-1-5-17(19)27(37)32-16-10-11-20-24(14-16)43-30(33-20)42-23-12-9-15(13-21(23)36(39)40)26-34-28(38)25-18-6-2-4-8-22(18)41-29(25)35-26/h1,3,5,7,9-14H,2,4,6,8H2,(H,32,37)(H,34,35,38). The van der Waals surface area contributed by atoms with Gasteiger partial charge in [0.15, 0.2) is 4.34 Å². The van der Waals surface area contributed by atoms with Crippen molar-refractivity contribution in [3.05, 3.63) is 102 Å². The molecule has 7 rings (SSSR count). The van der Waals surface area contributed by atoms with E-state index in [4.69, 9.17) is 16.6 Å². The molecule has 3 aromatic heterocycles. The van der Waals surface area contributed by atoms with Crippen LogP contribution in [-0.2, 0) is 12.8 Å². The Balaban J connectivity index is 1.16. The minimum absolute atomic E-state index is 0.109. The number of amides is 1. The zero-order valence-electron chi connectivity index (χ0n) is 22.2. The molecule has 1 aliphatic rings. The molecule has 1 amide bonds. The SMILES string of the molecule is O=C(Nc1ccc2nc(Sc3ccc(-c4nc5sc6c(c5c(=O)[nH]4)CCCC6)cc3[N+](=O)[O-])sc2c1)c1ccccc1Cl. The lowest BCUT2D eigenvalue weighted by Gasteiger charge is -2.09. The third-order valence-electron chi connectivity index (χ3n) is 7.20. The number of hydrogen-bond donors (Lipinski definition) is 2. The van der Waals surface area contributed by atoms with Gasteiger partial charge in [-0.3, -0.25) is 19.7 Å². The highest BCUT2D eigenvalue weighted by Crippen LogP contribution is 2.41. The minimum Gasteiger partial charge on any atom is -0.322 e. The third-order valence-corrected chi connectivity index (χ3v) is 10.9. The molecule has 3 heterocycles. The molecule has 0 radical (unpaired) electrons. The van der Waals surface area contributed by atoms with Gasteiger partial charge in [-0.2, -0.15) is 0 Å². The topological polar surface area (TPSA) is 131 Å². The molecule has 0 atom stereocenters. The molecule has 214 valence electrons. The Kier molecular flexibility index (Phi) is 7.21. The number of thiophene rings is 1. The van der Waals surface area contributed by atoms with E-state index in [1.54, 1.807) is 48.5 Å². The molecule has 0 aliphatic heterocycles. The van der Waals surface area contributed by atoms with Crippen LogP contribution in [0.2, 0.25) is 5.02 Å².